The van der Waals surface area contributed by atoms with Crippen molar-refractivity contribution in [3.05, 3.63) is 28.7 Å². The van der Waals surface area contributed by atoms with Crippen LogP contribution in [0.2, 0.25) is 0 Å². The lowest BCUT2D eigenvalue weighted by Crippen LogP contribution is -2.54. The Bertz CT molecular complexity index is 685. The van der Waals surface area contributed by atoms with Crippen LogP contribution in [-0.2, 0) is 14.4 Å². The lowest BCUT2D eigenvalue weighted by molar-refractivity contribution is -0.148. The van der Waals surface area contributed by atoms with Crippen molar-refractivity contribution in [2.24, 2.45) is 5.92 Å². The molecule has 0 radical (unpaired) electrons. The molecule has 1 aromatic carbocycles. The number of carbonyl (C=O) groups is 3. The first-order chi connectivity index (χ1) is 11.4. The number of aliphatic carboxylic acids is 1. The van der Waals surface area contributed by atoms with Gasteiger partial charge in [0, 0.05) is 11.0 Å². The van der Waals surface area contributed by atoms with Gasteiger partial charge in [0.2, 0.25) is 11.8 Å². The van der Waals surface area contributed by atoms with Gasteiger partial charge in [0.1, 0.15) is 11.5 Å². The average Bonchev–Trinajstić information content (AvgIpc) is 3.16. The third-order valence-electron chi connectivity index (χ3n) is 4.89. The maximum Gasteiger partial charge on any atom is 0.329 e. The summed E-state index contributed by atoms with van der Waals surface area (Å²) in [5, 5.41) is 12.1. The maximum atomic E-state index is 12.6. The standard InChI is InChI=1S/C17H19BrN2O4/c18-12-5-1-2-6-13(12)20-10-7-11(15(20)22)14(21)19-17(16(23)24)8-3-4-9-17/h1-2,5-6,11H,3-4,7-10H2,(H,19,21)(H,23,24)/t11-/m1/s1. The van der Waals surface area contributed by atoms with Gasteiger partial charge in [0.25, 0.3) is 0 Å². The number of nitrogens with one attached hydrogen (secondary N) is 1. The van der Waals surface area contributed by atoms with Gasteiger partial charge in [0.05, 0.1) is 5.69 Å². The zero-order valence-corrected chi connectivity index (χ0v) is 14.7. The van der Waals surface area contributed by atoms with Gasteiger partial charge in [0.15, 0.2) is 0 Å². The van der Waals surface area contributed by atoms with Gasteiger partial charge < -0.3 is 15.3 Å². The van der Waals surface area contributed by atoms with Gasteiger partial charge in [-0.2, -0.15) is 0 Å². The molecule has 128 valence electrons. The molecule has 1 aromatic rings. The van der Waals surface area contributed by atoms with Crippen molar-refractivity contribution in [2.75, 3.05) is 11.4 Å². The molecule has 1 heterocycles. The molecule has 1 atom stereocenters. The number of hydrogen-bond acceptors (Lipinski definition) is 3. The number of para-hydroxylation sites is 1. The van der Waals surface area contributed by atoms with Crippen molar-refractivity contribution < 1.29 is 19.5 Å². The van der Waals surface area contributed by atoms with Crippen LogP contribution in [0.4, 0.5) is 5.69 Å². The summed E-state index contributed by atoms with van der Waals surface area (Å²) in [6, 6.07) is 7.35. The molecule has 6 nitrogen and oxygen atoms in total. The summed E-state index contributed by atoms with van der Waals surface area (Å²) in [6.45, 7) is 0.444. The molecule has 0 spiro atoms. The minimum absolute atomic E-state index is 0.280. The van der Waals surface area contributed by atoms with Gasteiger partial charge in [-0.3, -0.25) is 9.59 Å². The second-order valence-corrected chi connectivity index (χ2v) is 7.22. The SMILES string of the molecule is O=C(NC1(C(=O)O)CCCC1)[C@H]1CCN(c2ccccc2Br)C1=O. The highest BCUT2D eigenvalue weighted by Gasteiger charge is 2.46. The monoisotopic (exact) mass is 394 g/mol. The van der Waals surface area contributed by atoms with E-state index in [4.69, 9.17) is 0 Å². The van der Waals surface area contributed by atoms with Crippen LogP contribution in [-0.4, -0.2) is 35.0 Å². The molecule has 0 bridgehead atoms. The van der Waals surface area contributed by atoms with E-state index in [0.717, 1.165) is 23.0 Å². The van der Waals surface area contributed by atoms with E-state index in [0.29, 0.717) is 25.8 Å². The van der Waals surface area contributed by atoms with Crippen LogP contribution in [0.5, 0.6) is 0 Å². The average molecular weight is 395 g/mol. The number of anilines is 1. The summed E-state index contributed by atoms with van der Waals surface area (Å²) in [5.41, 5.74) is -0.482. The Morgan fingerprint density at radius 2 is 1.92 bits per heavy atom. The van der Waals surface area contributed by atoms with Crippen LogP contribution in [0.1, 0.15) is 32.1 Å². The summed E-state index contributed by atoms with van der Waals surface area (Å²) < 4.78 is 0.789. The van der Waals surface area contributed by atoms with Crippen LogP contribution >= 0.6 is 15.9 Å². The molecular formula is C17H19BrN2O4. The molecule has 1 aliphatic heterocycles. The third-order valence-corrected chi connectivity index (χ3v) is 5.56. The number of nitrogens with zero attached hydrogens (tertiary/aromatic N) is 1. The fourth-order valence-electron chi connectivity index (χ4n) is 3.53. The number of carboxylic acid groups (broad SMARTS) is 1. The van der Waals surface area contributed by atoms with Gasteiger partial charge in [-0.25, -0.2) is 4.79 Å². The molecule has 3 rings (SSSR count). The molecule has 2 N–H and O–H groups in total. The Labute approximate surface area is 148 Å². The smallest absolute Gasteiger partial charge is 0.329 e. The van der Waals surface area contributed by atoms with Crippen molar-refractivity contribution in [1.82, 2.24) is 5.32 Å². The number of carbonyl (C=O) groups excluding carboxylic acids is 2. The summed E-state index contributed by atoms with van der Waals surface area (Å²) in [6.07, 6.45) is 2.77. The molecule has 7 heteroatoms. The van der Waals surface area contributed by atoms with Crippen LogP contribution in [0.3, 0.4) is 0 Å². The summed E-state index contributed by atoms with van der Waals surface area (Å²) in [7, 11) is 0. The molecule has 0 aromatic heterocycles. The Hall–Kier alpha value is -1.89. The Morgan fingerprint density at radius 3 is 2.54 bits per heavy atom. The molecule has 1 aliphatic carbocycles. The Balaban J connectivity index is 1.74. The zero-order valence-electron chi connectivity index (χ0n) is 13.1. The number of rotatable bonds is 4. The van der Waals surface area contributed by atoms with E-state index in [1.54, 1.807) is 4.90 Å². The predicted octanol–water partition coefficient (Wildman–Crippen LogP) is 2.32. The van der Waals surface area contributed by atoms with Crippen LogP contribution in [0.15, 0.2) is 28.7 Å². The highest BCUT2D eigenvalue weighted by Crippen LogP contribution is 2.33. The lowest BCUT2D eigenvalue weighted by Gasteiger charge is -2.26. The molecular weight excluding hydrogens is 376 g/mol. The van der Waals surface area contributed by atoms with E-state index >= 15 is 0 Å². The first-order valence-electron chi connectivity index (χ1n) is 8.06. The normalized spacial score (nSPS) is 22.6. The van der Waals surface area contributed by atoms with Crippen molar-refractivity contribution in [3.8, 4) is 0 Å². The molecule has 1 saturated carbocycles. The molecule has 2 aliphatic rings. The van der Waals surface area contributed by atoms with E-state index in [9.17, 15) is 19.5 Å². The largest absolute Gasteiger partial charge is 0.480 e. The first-order valence-corrected chi connectivity index (χ1v) is 8.85. The minimum Gasteiger partial charge on any atom is -0.480 e. The van der Waals surface area contributed by atoms with Gasteiger partial charge in [-0.05, 0) is 47.3 Å². The molecule has 24 heavy (non-hydrogen) atoms. The van der Waals surface area contributed by atoms with E-state index in [1.807, 2.05) is 24.3 Å². The Kier molecular flexibility index (Phi) is 4.62. The molecule has 1 saturated heterocycles. The second-order valence-electron chi connectivity index (χ2n) is 6.37. The van der Waals surface area contributed by atoms with E-state index in [2.05, 4.69) is 21.2 Å². The number of halogens is 1. The minimum atomic E-state index is -1.21. The number of amides is 2. The number of hydrogen-bond donors (Lipinski definition) is 2. The zero-order chi connectivity index (χ0) is 17.3. The highest BCUT2D eigenvalue weighted by atomic mass is 79.9. The Morgan fingerprint density at radius 1 is 1.25 bits per heavy atom. The van der Waals surface area contributed by atoms with Crippen LogP contribution in [0, 0.1) is 5.92 Å². The number of carboxylic acids is 1. The van der Waals surface area contributed by atoms with E-state index < -0.39 is 23.3 Å². The van der Waals surface area contributed by atoms with Crippen LogP contribution in [0.25, 0.3) is 0 Å². The topological polar surface area (TPSA) is 86.7 Å². The van der Waals surface area contributed by atoms with E-state index in [-0.39, 0.29) is 5.91 Å². The van der Waals surface area contributed by atoms with Gasteiger partial charge in [-0.1, -0.05) is 25.0 Å². The van der Waals surface area contributed by atoms with Crippen molar-refractivity contribution in [3.63, 3.8) is 0 Å². The lowest BCUT2D eigenvalue weighted by atomic mass is 9.96. The predicted molar refractivity (Wildman–Crippen MR) is 91.6 cm³/mol. The van der Waals surface area contributed by atoms with E-state index in [1.165, 1.54) is 0 Å². The second kappa shape index (κ2) is 6.55. The van der Waals surface area contributed by atoms with Crippen molar-refractivity contribution >= 4 is 39.4 Å². The van der Waals surface area contributed by atoms with Gasteiger partial charge in [-0.15, -0.1) is 0 Å². The van der Waals surface area contributed by atoms with Crippen molar-refractivity contribution in [2.45, 2.75) is 37.6 Å². The molecule has 2 amide bonds. The highest BCUT2D eigenvalue weighted by molar-refractivity contribution is 9.10. The van der Waals surface area contributed by atoms with Gasteiger partial charge >= 0.3 is 5.97 Å². The maximum absolute atomic E-state index is 12.6. The summed E-state index contributed by atoms with van der Waals surface area (Å²) in [4.78, 5) is 38.3. The fourth-order valence-corrected chi connectivity index (χ4v) is 4.03. The third kappa shape index (κ3) is 2.92. The number of benzene rings is 1. The molecule has 0 unspecified atom stereocenters. The van der Waals surface area contributed by atoms with Crippen molar-refractivity contribution in [1.29, 1.82) is 0 Å². The fraction of sp³-hybridized carbons (Fsp3) is 0.471. The summed E-state index contributed by atoms with van der Waals surface area (Å²) in [5.74, 6) is -2.59. The molecule has 2 fully saturated rings. The quantitative estimate of drug-likeness (QED) is 0.767. The summed E-state index contributed by atoms with van der Waals surface area (Å²) >= 11 is 3.42. The van der Waals surface area contributed by atoms with Crippen LogP contribution < -0.4 is 10.2 Å². The first kappa shape index (κ1) is 17.0.